The maximum Gasteiger partial charge on any atom is 0.303 e. The van der Waals surface area contributed by atoms with Crippen molar-refractivity contribution in [2.75, 3.05) is 31.1 Å². The Hall–Kier alpha value is -5.05. The molecular formula is C34H41N6O10ReS-. The Morgan fingerprint density at radius 2 is 1.42 bits per heavy atom. The van der Waals surface area contributed by atoms with Crippen LogP contribution in [0.4, 0.5) is 5.69 Å². The second-order valence-corrected chi connectivity index (χ2v) is 11.5. The maximum atomic E-state index is 12.4. The molecule has 52 heavy (non-hydrogen) atoms. The van der Waals surface area contributed by atoms with E-state index in [4.69, 9.17) is 9.84 Å². The minimum atomic E-state index is -0.993. The summed E-state index contributed by atoms with van der Waals surface area (Å²) >= 11 is 4.07. The third-order valence-electron chi connectivity index (χ3n) is 6.71. The van der Waals surface area contributed by atoms with Crippen molar-refractivity contribution < 1.29 is 68.6 Å². The van der Waals surface area contributed by atoms with Gasteiger partial charge in [0.2, 0.25) is 29.5 Å². The van der Waals surface area contributed by atoms with Crippen LogP contribution in [0.2, 0.25) is 0 Å². The second kappa shape index (κ2) is 24.2. The first-order valence-electron chi connectivity index (χ1n) is 15.7. The zero-order chi connectivity index (χ0) is 37.8. The Bertz CT molecular complexity index is 1590. The number of hydrogen-bond donors (Lipinski definition) is 7. The number of anilines is 1. The van der Waals surface area contributed by atoms with E-state index in [1.54, 1.807) is 6.07 Å². The van der Waals surface area contributed by atoms with E-state index in [-0.39, 0.29) is 77.1 Å². The van der Waals surface area contributed by atoms with E-state index in [1.807, 2.05) is 18.2 Å². The molecule has 6 N–H and O–H groups in total. The molecule has 1 atom stereocenters. The molecule has 1 radical (unpaired) electrons. The van der Waals surface area contributed by atoms with E-state index in [1.165, 1.54) is 17.7 Å². The van der Waals surface area contributed by atoms with Crippen LogP contribution in [-0.4, -0.2) is 84.0 Å². The molecule has 0 saturated carbocycles. The van der Waals surface area contributed by atoms with Crippen LogP contribution in [0, 0.1) is 14.0 Å². The minimum Gasteiger partial charge on any atom is -0.507 e. The number of carbonyl (C=O) groups is 8. The van der Waals surface area contributed by atoms with Crippen LogP contribution >= 0.6 is 12.6 Å². The number of amides is 7. The number of nitrogens with zero attached hydrogens (tertiary/aromatic N) is 1. The van der Waals surface area contributed by atoms with Gasteiger partial charge in [0.15, 0.2) is 0 Å². The number of rotatable bonds is 18. The van der Waals surface area contributed by atoms with Crippen molar-refractivity contribution in [2.45, 2.75) is 44.4 Å². The molecule has 2 aromatic carbocycles. The summed E-state index contributed by atoms with van der Waals surface area (Å²) in [5.41, 5.74) is 2.12. The Morgan fingerprint density at radius 1 is 0.827 bits per heavy atom. The third-order valence-corrected chi connectivity index (χ3v) is 7.03. The minimum absolute atomic E-state index is 0. The quantitative estimate of drug-likeness (QED) is 0.0356. The van der Waals surface area contributed by atoms with E-state index < -0.39 is 65.8 Å². The Labute approximate surface area is 319 Å². The third kappa shape index (κ3) is 17.7. The first-order chi connectivity index (χ1) is 24.3. The van der Waals surface area contributed by atoms with Gasteiger partial charge in [-0.1, -0.05) is 42.0 Å². The number of ether oxygens (including phenoxy) is 1. The van der Waals surface area contributed by atoms with Crippen molar-refractivity contribution in [3.8, 4) is 5.75 Å². The molecule has 1 aliphatic rings. The van der Waals surface area contributed by atoms with Crippen LogP contribution in [-0.2, 0) is 65.2 Å². The molecular weight excluding hydrogens is 871 g/mol. The summed E-state index contributed by atoms with van der Waals surface area (Å²) in [6.07, 6.45) is 2.20. The number of imide groups is 1. The molecule has 18 heteroatoms. The van der Waals surface area contributed by atoms with Crippen LogP contribution < -0.4 is 36.2 Å². The smallest absolute Gasteiger partial charge is 0.303 e. The van der Waals surface area contributed by atoms with Gasteiger partial charge in [-0.25, -0.2) is 4.90 Å². The maximum absolute atomic E-state index is 12.4. The van der Waals surface area contributed by atoms with Gasteiger partial charge in [-0.15, -0.1) is 0 Å². The number of carbonyl (C=O) groups excluding carboxylic acids is 7. The summed E-state index contributed by atoms with van der Waals surface area (Å²) in [6, 6.07) is 14.8. The second-order valence-electron chi connectivity index (χ2n) is 10.9. The van der Waals surface area contributed by atoms with Gasteiger partial charge in [0.25, 0.3) is 11.8 Å². The van der Waals surface area contributed by atoms with Crippen LogP contribution in [0.25, 0.3) is 0 Å². The fourth-order valence-corrected chi connectivity index (χ4v) is 4.46. The van der Waals surface area contributed by atoms with E-state index in [2.05, 4.69) is 65.3 Å². The van der Waals surface area contributed by atoms with E-state index in [0.717, 1.165) is 17.1 Å². The molecule has 0 bridgehead atoms. The van der Waals surface area contributed by atoms with Crippen molar-refractivity contribution in [1.29, 1.82) is 0 Å². The molecule has 3 rings (SSSR count). The van der Waals surface area contributed by atoms with Crippen molar-refractivity contribution in [3.63, 3.8) is 0 Å². The number of hydrogen-bond acceptors (Lipinski definition) is 10. The number of aryl methyl sites for hydroxylation is 2. The molecule has 0 fully saturated rings. The van der Waals surface area contributed by atoms with Crippen LogP contribution in [0.5, 0.6) is 5.75 Å². The van der Waals surface area contributed by atoms with Gasteiger partial charge in [0, 0.05) is 51.5 Å². The predicted octanol–water partition coefficient (Wildman–Crippen LogP) is 0.303. The Balaban J connectivity index is 0.00000150. The molecule has 1 heterocycles. The first-order valence-corrected chi connectivity index (χ1v) is 16.2. The average Bonchev–Trinajstić information content (AvgIpc) is 3.43. The fraction of sp³-hybridized carbons (Fsp3) is 0.324. The zero-order valence-electron chi connectivity index (χ0n) is 28.3. The molecule has 0 aliphatic carbocycles. The summed E-state index contributed by atoms with van der Waals surface area (Å²) in [7, 11) is 3.16. The molecule has 1 aliphatic heterocycles. The van der Waals surface area contributed by atoms with E-state index in [0.29, 0.717) is 5.56 Å². The number of aliphatic carboxylic acids is 1. The molecule has 2 aromatic rings. The normalized spacial score (nSPS) is 11.9. The molecule has 281 valence electrons. The average molecular weight is 912 g/mol. The van der Waals surface area contributed by atoms with E-state index >= 15 is 0 Å². The largest absolute Gasteiger partial charge is 0.507 e. The Morgan fingerprint density at radius 3 is 2.02 bits per heavy atom. The summed E-state index contributed by atoms with van der Waals surface area (Å²) < 4.78 is 5.71. The number of carboxylic acid groups (broad SMARTS) is 1. The molecule has 1 unspecified atom stereocenters. The summed E-state index contributed by atoms with van der Waals surface area (Å²) in [4.78, 5) is 95.1. The van der Waals surface area contributed by atoms with Gasteiger partial charge in [0.1, 0.15) is 5.75 Å². The first kappa shape index (κ1) is 45.0. The number of thiol groups is 1. The summed E-state index contributed by atoms with van der Waals surface area (Å²) in [5, 5.41) is 19.5. The van der Waals surface area contributed by atoms with Gasteiger partial charge >= 0.3 is 5.97 Å². The summed E-state index contributed by atoms with van der Waals surface area (Å²) in [5.74, 6) is -4.61. The predicted molar refractivity (Wildman–Crippen MR) is 188 cm³/mol. The molecule has 16 nitrogen and oxygen atoms in total. The SMILES string of the molecule is Cc1ccccc1.[CH2-]NC(=O)CNC(=O)CC(S)NC(=O)CNC(=O)CNC(=O)CCc1ccc(N2C(=O)C=CC2=O)cc1OCCCC(=O)O.[Re]. The Kier molecular flexibility index (Phi) is 20.9. The fourth-order valence-electron chi connectivity index (χ4n) is 4.15. The van der Waals surface area contributed by atoms with Gasteiger partial charge in [0.05, 0.1) is 43.7 Å². The van der Waals surface area contributed by atoms with Crippen molar-refractivity contribution in [1.82, 2.24) is 26.6 Å². The van der Waals surface area contributed by atoms with Gasteiger partial charge in [-0.2, -0.15) is 12.6 Å². The van der Waals surface area contributed by atoms with Gasteiger partial charge < -0.3 is 36.4 Å². The zero-order valence-corrected chi connectivity index (χ0v) is 31.9. The number of nitrogens with one attached hydrogen (secondary N) is 5. The van der Waals surface area contributed by atoms with Gasteiger partial charge in [-0.3, -0.25) is 45.4 Å². The standard InChI is InChI=1S/C27H33N6O10S.C7H8.Re/c1-28-21(36)13-30-20(35)12-24(44)32-23(38)15-31-22(37)14-29-19(34)7-5-16-4-6-17(33-25(39)8-9-26(33)40)11-18(16)43-10-2-3-27(41)42;1-7-5-3-2-4-6-7;/h4,6,8-9,11,24,44H,1-3,5,7,10,12-15H2,(H,28,36)(H,29,34)(H,30,35)(H,31,37)(H,32,38)(H,41,42);2-6H,1H3;/q-1;;. The van der Waals surface area contributed by atoms with E-state index in [9.17, 15) is 38.4 Å². The van der Waals surface area contributed by atoms with Crippen LogP contribution in [0.1, 0.15) is 36.8 Å². The summed E-state index contributed by atoms with van der Waals surface area (Å²) in [6.45, 7) is 0.982. The van der Waals surface area contributed by atoms with Gasteiger partial charge in [-0.05, 0) is 31.4 Å². The van der Waals surface area contributed by atoms with Crippen LogP contribution in [0.15, 0.2) is 60.7 Å². The molecule has 0 spiro atoms. The number of carboxylic acids is 1. The monoisotopic (exact) mass is 912 g/mol. The van der Waals surface area contributed by atoms with Crippen molar-refractivity contribution in [2.24, 2.45) is 0 Å². The topological polar surface area (TPSA) is 229 Å². The van der Waals surface area contributed by atoms with Crippen molar-refractivity contribution >= 4 is 65.6 Å². The van der Waals surface area contributed by atoms with Crippen molar-refractivity contribution in [3.05, 3.63) is 78.9 Å². The molecule has 0 aromatic heterocycles. The molecule has 7 amide bonds. The van der Waals surface area contributed by atoms with Crippen LogP contribution in [0.3, 0.4) is 0 Å². The molecule has 0 saturated heterocycles. The number of benzene rings is 2.